The van der Waals surface area contributed by atoms with Crippen LogP contribution >= 0.6 is 0 Å². The second kappa shape index (κ2) is 7.95. The molecule has 0 saturated heterocycles. The van der Waals surface area contributed by atoms with Crippen molar-refractivity contribution >= 4 is 22.0 Å². The number of fused-ring (bicyclic) bond motifs is 1. The van der Waals surface area contributed by atoms with Crippen molar-refractivity contribution in [1.82, 2.24) is 0 Å². The monoisotopic (exact) mass is 421 g/mol. The van der Waals surface area contributed by atoms with Crippen molar-refractivity contribution in [2.24, 2.45) is 0 Å². The molecule has 0 bridgehead atoms. The SMILES string of the molecule is COc1ccc(C=O)c2c1N(S(=O)(=O)c1ccc(C)cc1)CC2Cc1ccccc1. The van der Waals surface area contributed by atoms with E-state index in [1.807, 2.05) is 37.3 Å². The number of aldehydes is 1. The van der Waals surface area contributed by atoms with E-state index in [1.165, 1.54) is 11.4 Å². The molecule has 0 radical (unpaired) electrons. The first-order chi connectivity index (χ1) is 14.5. The van der Waals surface area contributed by atoms with E-state index < -0.39 is 10.0 Å². The predicted octanol–water partition coefficient (Wildman–Crippen LogP) is 4.35. The minimum Gasteiger partial charge on any atom is -0.495 e. The highest BCUT2D eigenvalue weighted by Crippen LogP contribution is 2.47. The van der Waals surface area contributed by atoms with E-state index in [4.69, 9.17) is 4.74 Å². The van der Waals surface area contributed by atoms with Gasteiger partial charge in [-0.1, -0.05) is 48.0 Å². The molecule has 3 aromatic carbocycles. The molecule has 1 atom stereocenters. The summed E-state index contributed by atoms with van der Waals surface area (Å²) in [4.78, 5) is 12.0. The van der Waals surface area contributed by atoms with Crippen molar-refractivity contribution in [3.63, 3.8) is 0 Å². The van der Waals surface area contributed by atoms with E-state index in [9.17, 15) is 13.2 Å². The van der Waals surface area contributed by atoms with Gasteiger partial charge in [-0.25, -0.2) is 8.42 Å². The second-order valence-electron chi connectivity index (χ2n) is 7.47. The lowest BCUT2D eigenvalue weighted by atomic mass is 9.90. The molecule has 0 aliphatic carbocycles. The van der Waals surface area contributed by atoms with E-state index in [0.717, 1.165) is 23.0 Å². The predicted molar refractivity (Wildman–Crippen MR) is 117 cm³/mol. The summed E-state index contributed by atoms with van der Waals surface area (Å²) in [6.45, 7) is 2.17. The van der Waals surface area contributed by atoms with Crippen LogP contribution < -0.4 is 9.04 Å². The number of carbonyl (C=O) groups excluding carboxylic acids is 1. The zero-order valence-electron chi connectivity index (χ0n) is 16.9. The summed E-state index contributed by atoms with van der Waals surface area (Å²) in [5, 5.41) is 0. The fourth-order valence-electron chi connectivity index (χ4n) is 4.06. The molecule has 0 saturated carbocycles. The fraction of sp³-hybridized carbons (Fsp3) is 0.208. The number of benzene rings is 3. The Morgan fingerprint density at radius 3 is 2.37 bits per heavy atom. The number of methoxy groups -OCH3 is 1. The van der Waals surface area contributed by atoms with Crippen LogP contribution in [0.2, 0.25) is 0 Å². The van der Waals surface area contributed by atoms with Crippen molar-refractivity contribution in [3.05, 3.63) is 89.0 Å². The van der Waals surface area contributed by atoms with Crippen LogP contribution in [0, 0.1) is 6.92 Å². The lowest BCUT2D eigenvalue weighted by Crippen LogP contribution is -2.30. The Hall–Kier alpha value is -3.12. The number of ether oxygens (including phenoxy) is 1. The molecule has 154 valence electrons. The Bertz CT molecular complexity index is 1170. The summed E-state index contributed by atoms with van der Waals surface area (Å²) in [5.74, 6) is 0.291. The topological polar surface area (TPSA) is 63.7 Å². The highest BCUT2D eigenvalue weighted by molar-refractivity contribution is 7.92. The number of hydrogen-bond acceptors (Lipinski definition) is 4. The Balaban J connectivity index is 1.86. The number of hydrogen-bond donors (Lipinski definition) is 0. The minimum absolute atomic E-state index is 0.155. The molecular weight excluding hydrogens is 398 g/mol. The molecular formula is C24H23NO4S. The fourth-order valence-corrected chi connectivity index (χ4v) is 5.60. The van der Waals surface area contributed by atoms with Gasteiger partial charge >= 0.3 is 0 Å². The highest BCUT2D eigenvalue weighted by Gasteiger charge is 2.40. The summed E-state index contributed by atoms with van der Waals surface area (Å²) in [7, 11) is -2.30. The molecule has 4 rings (SSSR count). The number of nitrogens with zero attached hydrogens (tertiary/aromatic N) is 1. The van der Waals surface area contributed by atoms with Crippen molar-refractivity contribution in [1.29, 1.82) is 0 Å². The molecule has 1 unspecified atom stereocenters. The van der Waals surface area contributed by atoms with Crippen molar-refractivity contribution in [2.45, 2.75) is 24.2 Å². The molecule has 0 amide bonds. The maximum Gasteiger partial charge on any atom is 0.264 e. The summed E-state index contributed by atoms with van der Waals surface area (Å²) in [5.41, 5.74) is 3.75. The third-order valence-electron chi connectivity index (χ3n) is 5.54. The molecule has 5 nitrogen and oxygen atoms in total. The number of aryl methyl sites for hydroxylation is 1. The van der Waals surface area contributed by atoms with Gasteiger partial charge in [-0.3, -0.25) is 9.10 Å². The summed E-state index contributed by atoms with van der Waals surface area (Å²) >= 11 is 0. The average molecular weight is 422 g/mol. The minimum atomic E-state index is -3.81. The average Bonchev–Trinajstić information content (AvgIpc) is 3.14. The molecule has 0 N–H and O–H groups in total. The van der Waals surface area contributed by atoms with E-state index >= 15 is 0 Å². The van der Waals surface area contributed by atoms with Crippen LogP contribution in [-0.2, 0) is 16.4 Å². The zero-order chi connectivity index (χ0) is 21.3. The summed E-state index contributed by atoms with van der Waals surface area (Å²) in [6.07, 6.45) is 1.42. The third-order valence-corrected chi connectivity index (χ3v) is 7.32. The van der Waals surface area contributed by atoms with Crippen molar-refractivity contribution < 1.29 is 17.9 Å². The lowest BCUT2D eigenvalue weighted by Gasteiger charge is -2.22. The van der Waals surface area contributed by atoms with Crippen LogP contribution in [-0.4, -0.2) is 28.4 Å². The van der Waals surface area contributed by atoms with E-state index in [2.05, 4.69) is 0 Å². The maximum absolute atomic E-state index is 13.6. The summed E-state index contributed by atoms with van der Waals surface area (Å²) < 4.78 is 34.0. The Morgan fingerprint density at radius 2 is 1.73 bits per heavy atom. The highest BCUT2D eigenvalue weighted by atomic mass is 32.2. The Morgan fingerprint density at radius 1 is 1.03 bits per heavy atom. The van der Waals surface area contributed by atoms with Gasteiger partial charge in [0.25, 0.3) is 10.0 Å². The molecule has 6 heteroatoms. The first-order valence-electron chi connectivity index (χ1n) is 9.75. The molecule has 30 heavy (non-hydrogen) atoms. The number of anilines is 1. The van der Waals surface area contributed by atoms with Gasteiger partial charge in [0, 0.05) is 18.0 Å². The van der Waals surface area contributed by atoms with Crippen LogP contribution in [0.3, 0.4) is 0 Å². The van der Waals surface area contributed by atoms with Crippen LogP contribution in [0.25, 0.3) is 0 Å². The van der Waals surface area contributed by atoms with E-state index in [1.54, 1.807) is 36.4 Å². The molecule has 1 aliphatic rings. The van der Waals surface area contributed by atoms with Crippen LogP contribution in [0.15, 0.2) is 71.6 Å². The first-order valence-corrected chi connectivity index (χ1v) is 11.2. The largest absolute Gasteiger partial charge is 0.495 e. The van der Waals surface area contributed by atoms with Crippen molar-refractivity contribution in [2.75, 3.05) is 18.0 Å². The Kier molecular flexibility index (Phi) is 5.35. The molecule has 0 aromatic heterocycles. The molecule has 1 heterocycles. The lowest BCUT2D eigenvalue weighted by molar-refractivity contribution is 0.112. The van der Waals surface area contributed by atoms with Crippen LogP contribution in [0.4, 0.5) is 5.69 Å². The smallest absolute Gasteiger partial charge is 0.264 e. The molecule has 0 spiro atoms. The van der Waals surface area contributed by atoms with Gasteiger partial charge in [0.2, 0.25) is 0 Å². The Labute approximate surface area is 177 Å². The standard InChI is InChI=1S/C24H23NO4S/c1-17-8-11-21(12-9-17)30(27,28)25-15-20(14-18-6-4-3-5-7-18)23-19(16-26)10-13-22(29-2)24(23)25/h3-13,16,20H,14-15H2,1-2H3. The number of sulfonamides is 1. The van der Waals surface area contributed by atoms with E-state index in [-0.39, 0.29) is 17.4 Å². The van der Waals surface area contributed by atoms with E-state index in [0.29, 0.717) is 23.4 Å². The van der Waals surface area contributed by atoms with Gasteiger partial charge in [0.15, 0.2) is 0 Å². The van der Waals surface area contributed by atoms with Gasteiger partial charge in [-0.05, 0) is 48.7 Å². The van der Waals surface area contributed by atoms with Gasteiger partial charge in [0.1, 0.15) is 12.0 Å². The van der Waals surface area contributed by atoms with Gasteiger partial charge < -0.3 is 4.74 Å². The normalized spacial score (nSPS) is 15.7. The molecule has 1 aliphatic heterocycles. The number of carbonyl (C=O) groups is 1. The van der Waals surface area contributed by atoms with Crippen LogP contribution in [0.5, 0.6) is 5.75 Å². The van der Waals surface area contributed by atoms with Crippen LogP contribution in [0.1, 0.15) is 33.0 Å². The molecule has 0 fully saturated rings. The third kappa shape index (κ3) is 3.48. The van der Waals surface area contributed by atoms with Gasteiger partial charge in [0.05, 0.1) is 17.7 Å². The quantitative estimate of drug-likeness (QED) is 0.555. The van der Waals surface area contributed by atoms with Gasteiger partial charge in [-0.15, -0.1) is 0 Å². The maximum atomic E-state index is 13.6. The first kappa shape index (κ1) is 20.2. The molecule has 3 aromatic rings. The number of rotatable bonds is 6. The summed E-state index contributed by atoms with van der Waals surface area (Å²) in [6, 6.07) is 20.0. The van der Waals surface area contributed by atoms with Crippen molar-refractivity contribution in [3.8, 4) is 5.75 Å². The van der Waals surface area contributed by atoms with Gasteiger partial charge in [-0.2, -0.15) is 0 Å². The second-order valence-corrected chi connectivity index (χ2v) is 9.34. The zero-order valence-corrected chi connectivity index (χ0v) is 17.7.